The van der Waals surface area contributed by atoms with Gasteiger partial charge in [-0.05, 0) is 43.5 Å². The molecule has 2 rings (SSSR count). The average molecular weight is 228 g/mol. The molecule has 0 saturated heterocycles. The molecule has 1 aromatic carbocycles. The first-order valence-electron chi connectivity index (χ1n) is 5.46. The average Bonchev–Trinajstić information content (AvgIpc) is 2.28. The van der Waals surface area contributed by atoms with E-state index in [4.69, 9.17) is 0 Å². The zero-order chi connectivity index (χ0) is 11.7. The lowest BCUT2D eigenvalue weighted by atomic mass is 9.97. The van der Waals surface area contributed by atoms with E-state index in [9.17, 15) is 0 Å². The van der Waals surface area contributed by atoms with Gasteiger partial charge in [-0.3, -0.25) is 0 Å². The Labute approximate surface area is 99.2 Å². The van der Waals surface area contributed by atoms with Gasteiger partial charge in [-0.1, -0.05) is 11.3 Å². The lowest BCUT2D eigenvalue weighted by Gasteiger charge is -2.13. The summed E-state index contributed by atoms with van der Waals surface area (Å²) < 4.78 is 0. The van der Waals surface area contributed by atoms with Gasteiger partial charge in [0, 0.05) is 28.2 Å². The van der Waals surface area contributed by atoms with Crippen LogP contribution in [-0.2, 0) is 0 Å². The van der Waals surface area contributed by atoms with Crippen LogP contribution in [0, 0.1) is 20.8 Å². The van der Waals surface area contributed by atoms with E-state index in [0.29, 0.717) is 0 Å². The van der Waals surface area contributed by atoms with E-state index in [2.05, 4.69) is 36.8 Å². The lowest BCUT2D eigenvalue weighted by Crippen LogP contribution is -2.12. The number of nitrogens with zero attached hydrogens (tertiary/aromatic N) is 2. The van der Waals surface area contributed by atoms with Crippen LogP contribution in [0.15, 0.2) is 24.5 Å². The van der Waals surface area contributed by atoms with Gasteiger partial charge in [-0.25, -0.2) is 9.97 Å². The van der Waals surface area contributed by atoms with Gasteiger partial charge in [0.05, 0.1) is 0 Å². The van der Waals surface area contributed by atoms with Crippen molar-refractivity contribution >= 4 is 15.4 Å². The van der Waals surface area contributed by atoms with Crippen molar-refractivity contribution in [3.63, 3.8) is 0 Å². The minimum Gasteiger partial charge on any atom is -0.237 e. The first-order valence-corrected chi connectivity index (χ1v) is 6.46. The molecule has 3 heteroatoms. The molecule has 0 aliphatic heterocycles. The second kappa shape index (κ2) is 4.18. The molecule has 0 aliphatic carbocycles. The van der Waals surface area contributed by atoms with Gasteiger partial charge >= 0.3 is 0 Å². The van der Waals surface area contributed by atoms with Gasteiger partial charge in [0.25, 0.3) is 0 Å². The number of aromatic nitrogens is 2. The van der Waals surface area contributed by atoms with Gasteiger partial charge in [-0.2, -0.15) is 0 Å². The Morgan fingerprint density at radius 3 is 2.25 bits per heavy atom. The van der Waals surface area contributed by atoms with Crippen molar-refractivity contribution in [2.24, 2.45) is 0 Å². The topological polar surface area (TPSA) is 25.8 Å². The Kier molecular flexibility index (Phi) is 2.88. The van der Waals surface area contributed by atoms with Gasteiger partial charge < -0.3 is 0 Å². The third-order valence-corrected chi connectivity index (χ3v) is 4.19. The highest BCUT2D eigenvalue weighted by Crippen LogP contribution is 2.24. The fraction of sp³-hybridized carbons (Fsp3) is 0.231. The van der Waals surface area contributed by atoms with Crippen LogP contribution in [-0.4, -0.2) is 20.2 Å². The highest BCUT2D eigenvalue weighted by molar-refractivity contribution is 6.34. The summed E-state index contributed by atoms with van der Waals surface area (Å²) in [5, 5.41) is 1.44. The molecule has 16 heavy (non-hydrogen) atoms. The molecule has 2 aromatic rings. The summed E-state index contributed by atoms with van der Waals surface area (Å²) in [6.45, 7) is 6.47. The van der Waals surface area contributed by atoms with Crippen LogP contribution in [0.5, 0.6) is 0 Å². The number of rotatable bonds is 1. The standard InChI is InChI=1S/C13H16N2Si/c1-8-7-11(16)10(3)12(9(8)2)13-14-5-4-6-15-13/h4-7H,1-3,16H3. The van der Waals surface area contributed by atoms with Crippen LogP contribution in [0.4, 0.5) is 0 Å². The quantitative estimate of drug-likeness (QED) is 0.682. The van der Waals surface area contributed by atoms with E-state index >= 15 is 0 Å². The Morgan fingerprint density at radius 1 is 1.00 bits per heavy atom. The van der Waals surface area contributed by atoms with Gasteiger partial charge in [0.2, 0.25) is 0 Å². The molecule has 82 valence electrons. The maximum absolute atomic E-state index is 4.36. The van der Waals surface area contributed by atoms with Crippen LogP contribution >= 0.6 is 0 Å². The summed E-state index contributed by atoms with van der Waals surface area (Å²) in [5.41, 5.74) is 5.17. The Morgan fingerprint density at radius 2 is 1.62 bits per heavy atom. The lowest BCUT2D eigenvalue weighted by molar-refractivity contribution is 1.15. The molecule has 0 aliphatic rings. The molecule has 0 saturated carbocycles. The van der Waals surface area contributed by atoms with E-state index in [1.165, 1.54) is 27.4 Å². The zero-order valence-corrected chi connectivity index (χ0v) is 12.2. The van der Waals surface area contributed by atoms with Crippen molar-refractivity contribution in [1.82, 2.24) is 9.97 Å². The molecular formula is C13H16N2Si. The van der Waals surface area contributed by atoms with Crippen molar-refractivity contribution < 1.29 is 0 Å². The van der Waals surface area contributed by atoms with E-state index in [-0.39, 0.29) is 0 Å². The van der Waals surface area contributed by atoms with E-state index < -0.39 is 0 Å². The number of benzene rings is 1. The SMILES string of the molecule is Cc1cc([SiH3])c(C)c(-c2ncccn2)c1C. The predicted octanol–water partition coefficient (Wildman–Crippen LogP) is 1.06. The Bertz CT molecular complexity index is 495. The summed E-state index contributed by atoms with van der Waals surface area (Å²) in [6.07, 6.45) is 3.60. The predicted molar refractivity (Wildman–Crippen MR) is 71.3 cm³/mol. The molecular weight excluding hydrogens is 212 g/mol. The fourth-order valence-electron chi connectivity index (χ4n) is 1.98. The van der Waals surface area contributed by atoms with Crippen LogP contribution in [0.25, 0.3) is 11.4 Å². The summed E-state index contributed by atoms with van der Waals surface area (Å²) in [5.74, 6) is 0.846. The smallest absolute Gasteiger partial charge is 0.159 e. The van der Waals surface area contributed by atoms with E-state index in [0.717, 1.165) is 16.1 Å². The van der Waals surface area contributed by atoms with E-state index in [1.54, 1.807) is 12.4 Å². The highest BCUT2D eigenvalue weighted by Gasteiger charge is 2.11. The number of aryl methyl sites for hydroxylation is 1. The Hall–Kier alpha value is -1.48. The first kappa shape index (κ1) is 11.0. The summed E-state index contributed by atoms with van der Waals surface area (Å²) in [7, 11) is 1.07. The van der Waals surface area contributed by atoms with Crippen LogP contribution < -0.4 is 5.19 Å². The van der Waals surface area contributed by atoms with Crippen molar-refractivity contribution in [2.45, 2.75) is 20.8 Å². The van der Waals surface area contributed by atoms with Crippen LogP contribution in [0.2, 0.25) is 0 Å². The fourth-order valence-corrected chi connectivity index (χ4v) is 2.66. The molecule has 0 fully saturated rings. The summed E-state index contributed by atoms with van der Waals surface area (Å²) >= 11 is 0. The van der Waals surface area contributed by atoms with Crippen LogP contribution in [0.3, 0.4) is 0 Å². The first-order chi connectivity index (χ1) is 7.61. The molecule has 2 nitrogen and oxygen atoms in total. The third-order valence-electron chi connectivity index (χ3n) is 3.16. The minimum absolute atomic E-state index is 0.846. The third kappa shape index (κ3) is 1.78. The second-order valence-electron chi connectivity index (χ2n) is 4.21. The number of hydrogen-bond acceptors (Lipinski definition) is 2. The largest absolute Gasteiger partial charge is 0.237 e. The molecule has 1 aromatic heterocycles. The highest BCUT2D eigenvalue weighted by atomic mass is 28.1. The summed E-state index contributed by atoms with van der Waals surface area (Å²) in [4.78, 5) is 8.71. The van der Waals surface area contributed by atoms with Crippen molar-refractivity contribution in [3.8, 4) is 11.4 Å². The maximum atomic E-state index is 4.36. The molecule has 0 radical (unpaired) electrons. The van der Waals surface area contributed by atoms with Gasteiger partial charge in [-0.15, -0.1) is 0 Å². The zero-order valence-electron chi connectivity index (χ0n) is 10.2. The van der Waals surface area contributed by atoms with E-state index in [1.807, 2.05) is 6.07 Å². The molecule has 0 unspecified atom stereocenters. The molecule has 0 spiro atoms. The Balaban J connectivity index is 2.74. The van der Waals surface area contributed by atoms with Crippen molar-refractivity contribution in [1.29, 1.82) is 0 Å². The van der Waals surface area contributed by atoms with Crippen LogP contribution in [0.1, 0.15) is 16.7 Å². The van der Waals surface area contributed by atoms with Crippen molar-refractivity contribution in [2.75, 3.05) is 0 Å². The second-order valence-corrected chi connectivity index (χ2v) is 5.29. The molecule has 1 heterocycles. The van der Waals surface area contributed by atoms with Gasteiger partial charge in [0.15, 0.2) is 5.82 Å². The molecule has 0 bridgehead atoms. The molecule has 0 amide bonds. The minimum atomic E-state index is 0.846. The molecule has 0 atom stereocenters. The molecule has 0 N–H and O–H groups in total. The summed E-state index contributed by atoms with van der Waals surface area (Å²) in [6, 6.07) is 4.13. The van der Waals surface area contributed by atoms with Crippen molar-refractivity contribution in [3.05, 3.63) is 41.2 Å². The normalized spacial score (nSPS) is 10.7. The monoisotopic (exact) mass is 228 g/mol. The maximum Gasteiger partial charge on any atom is 0.159 e. The van der Waals surface area contributed by atoms with Gasteiger partial charge in [0.1, 0.15) is 0 Å². The number of hydrogen-bond donors (Lipinski definition) is 0.